The molecule has 1 aromatic carbocycles. The lowest BCUT2D eigenvalue weighted by molar-refractivity contribution is 0.647. The van der Waals surface area contributed by atoms with Gasteiger partial charge in [-0.15, -0.1) is 11.3 Å². The maximum absolute atomic E-state index is 13.3. The van der Waals surface area contributed by atoms with Gasteiger partial charge in [-0.3, -0.25) is 9.89 Å². The van der Waals surface area contributed by atoms with E-state index in [9.17, 15) is 4.79 Å². The average molecular weight is 415 g/mol. The number of rotatable bonds is 4. The van der Waals surface area contributed by atoms with Gasteiger partial charge >= 0.3 is 0 Å². The molecule has 0 aliphatic rings. The molecule has 9 heteroatoms. The van der Waals surface area contributed by atoms with Gasteiger partial charge in [0.2, 0.25) is 0 Å². The molecule has 6 rings (SSSR count). The molecule has 5 heterocycles. The third-order valence-corrected chi connectivity index (χ3v) is 6.54. The molecule has 0 fully saturated rings. The number of hydrogen-bond donors (Lipinski definition) is 2. The molecule has 0 saturated carbocycles. The van der Waals surface area contributed by atoms with Gasteiger partial charge in [0.05, 0.1) is 23.1 Å². The molecule has 2 N–H and O–H groups in total. The van der Waals surface area contributed by atoms with Gasteiger partial charge < -0.3 is 9.55 Å². The SMILES string of the molecule is Cn1c2nc(Cc3cc[nH]n3)sc2c2cnn(Cc3cccc4[nH]ccc34)c(=O)c21. The fourth-order valence-electron chi connectivity index (χ4n) is 4.01. The maximum atomic E-state index is 13.3. The second kappa shape index (κ2) is 6.39. The molecular weight excluding hydrogens is 398 g/mol. The molecule has 0 bridgehead atoms. The Labute approximate surface area is 173 Å². The summed E-state index contributed by atoms with van der Waals surface area (Å²) in [4.78, 5) is 21.2. The predicted octanol–water partition coefficient (Wildman–Crippen LogP) is 3.19. The van der Waals surface area contributed by atoms with E-state index in [1.54, 1.807) is 23.7 Å². The van der Waals surface area contributed by atoms with Crippen LogP contribution in [0.25, 0.3) is 32.2 Å². The Kier molecular flexibility index (Phi) is 3.66. The number of nitrogens with one attached hydrogen (secondary N) is 2. The largest absolute Gasteiger partial charge is 0.361 e. The van der Waals surface area contributed by atoms with Gasteiger partial charge in [-0.25, -0.2) is 9.67 Å². The van der Waals surface area contributed by atoms with E-state index >= 15 is 0 Å². The number of benzene rings is 1. The molecule has 0 unspecified atom stereocenters. The predicted molar refractivity (Wildman–Crippen MR) is 117 cm³/mol. The van der Waals surface area contributed by atoms with Crippen molar-refractivity contribution in [1.82, 2.24) is 34.5 Å². The van der Waals surface area contributed by atoms with Crippen LogP contribution < -0.4 is 5.56 Å². The highest BCUT2D eigenvalue weighted by atomic mass is 32.1. The number of hydrogen-bond acceptors (Lipinski definition) is 5. The number of aromatic amines is 2. The summed E-state index contributed by atoms with van der Waals surface area (Å²) in [5, 5.41) is 14.4. The van der Waals surface area contributed by atoms with Gasteiger partial charge in [-0.2, -0.15) is 10.2 Å². The van der Waals surface area contributed by atoms with Gasteiger partial charge in [0.1, 0.15) is 10.5 Å². The first-order valence-electron chi connectivity index (χ1n) is 9.56. The molecule has 5 aromatic heterocycles. The standard InChI is InChI=1S/C21H17N7OS/c1-27-18-15(19-20(27)25-17(30-19)9-13-5-8-23-26-13)10-24-28(21(18)29)11-12-3-2-4-16-14(12)6-7-22-16/h2-8,10,22H,9,11H2,1H3,(H,23,26). The van der Waals surface area contributed by atoms with Crippen molar-refractivity contribution >= 4 is 43.5 Å². The van der Waals surface area contributed by atoms with Crippen LogP contribution in [0.3, 0.4) is 0 Å². The van der Waals surface area contributed by atoms with Crippen molar-refractivity contribution in [2.75, 3.05) is 0 Å². The Morgan fingerprint density at radius 1 is 1.13 bits per heavy atom. The first-order chi connectivity index (χ1) is 14.7. The van der Waals surface area contributed by atoms with Gasteiger partial charge in [0, 0.05) is 42.2 Å². The number of nitrogens with zero attached hydrogens (tertiary/aromatic N) is 5. The minimum absolute atomic E-state index is 0.110. The zero-order valence-electron chi connectivity index (χ0n) is 16.1. The van der Waals surface area contributed by atoms with E-state index in [1.807, 2.05) is 48.1 Å². The molecule has 0 aliphatic carbocycles. The van der Waals surface area contributed by atoms with Crippen LogP contribution in [0.1, 0.15) is 16.3 Å². The van der Waals surface area contributed by atoms with E-state index < -0.39 is 0 Å². The van der Waals surface area contributed by atoms with E-state index in [2.05, 4.69) is 20.3 Å². The van der Waals surface area contributed by atoms with E-state index in [0.717, 1.165) is 42.9 Å². The summed E-state index contributed by atoms with van der Waals surface area (Å²) in [7, 11) is 1.89. The maximum Gasteiger partial charge on any atom is 0.291 e. The lowest BCUT2D eigenvalue weighted by Crippen LogP contribution is -2.24. The molecule has 0 aliphatic heterocycles. The van der Waals surface area contributed by atoms with Crippen LogP contribution in [-0.4, -0.2) is 34.5 Å². The lowest BCUT2D eigenvalue weighted by atomic mass is 10.1. The number of H-pyrrole nitrogens is 2. The van der Waals surface area contributed by atoms with E-state index in [-0.39, 0.29) is 5.56 Å². The average Bonchev–Trinajstić information content (AvgIpc) is 3.52. The number of fused-ring (bicyclic) bond motifs is 4. The second-order valence-corrected chi connectivity index (χ2v) is 8.37. The van der Waals surface area contributed by atoms with E-state index in [1.165, 1.54) is 4.68 Å². The molecule has 30 heavy (non-hydrogen) atoms. The third-order valence-electron chi connectivity index (χ3n) is 5.47. The molecular formula is C21H17N7OS. The summed E-state index contributed by atoms with van der Waals surface area (Å²) in [5.41, 5.74) is 4.38. The van der Waals surface area contributed by atoms with E-state index in [0.29, 0.717) is 18.5 Å². The Balaban J connectivity index is 1.45. The van der Waals surface area contributed by atoms with Crippen LogP contribution in [0.15, 0.2) is 53.7 Å². The zero-order valence-corrected chi connectivity index (χ0v) is 16.9. The van der Waals surface area contributed by atoms with Gasteiger partial charge in [-0.05, 0) is 23.8 Å². The van der Waals surface area contributed by atoms with Crippen molar-refractivity contribution in [3.8, 4) is 0 Å². The van der Waals surface area contributed by atoms with Crippen molar-refractivity contribution < 1.29 is 0 Å². The quantitative estimate of drug-likeness (QED) is 0.462. The third kappa shape index (κ3) is 2.52. The van der Waals surface area contributed by atoms with Crippen LogP contribution in [0.2, 0.25) is 0 Å². The highest BCUT2D eigenvalue weighted by Crippen LogP contribution is 2.31. The normalized spacial score (nSPS) is 11.9. The molecule has 0 atom stereocenters. The van der Waals surface area contributed by atoms with Crippen LogP contribution >= 0.6 is 11.3 Å². The molecule has 8 nitrogen and oxygen atoms in total. The first-order valence-corrected chi connectivity index (χ1v) is 10.4. The van der Waals surface area contributed by atoms with Gasteiger partial charge in [0.15, 0.2) is 5.65 Å². The fraction of sp³-hybridized carbons (Fsp3) is 0.143. The Morgan fingerprint density at radius 3 is 2.93 bits per heavy atom. The first kappa shape index (κ1) is 17.2. The fourth-order valence-corrected chi connectivity index (χ4v) is 5.14. The monoisotopic (exact) mass is 415 g/mol. The Morgan fingerprint density at radius 2 is 2.07 bits per heavy atom. The lowest BCUT2D eigenvalue weighted by Gasteiger charge is -2.07. The van der Waals surface area contributed by atoms with Crippen LogP contribution in [0.4, 0.5) is 0 Å². The molecule has 0 saturated heterocycles. The van der Waals surface area contributed by atoms with Crippen LogP contribution in [0, 0.1) is 0 Å². The molecule has 0 spiro atoms. The van der Waals surface area contributed by atoms with Gasteiger partial charge in [0.25, 0.3) is 5.56 Å². The van der Waals surface area contributed by atoms with Crippen LogP contribution in [-0.2, 0) is 20.0 Å². The van der Waals surface area contributed by atoms with Crippen molar-refractivity contribution in [1.29, 1.82) is 0 Å². The highest BCUT2D eigenvalue weighted by molar-refractivity contribution is 7.19. The smallest absolute Gasteiger partial charge is 0.291 e. The van der Waals surface area contributed by atoms with Crippen LogP contribution in [0.5, 0.6) is 0 Å². The molecule has 0 amide bonds. The van der Waals surface area contributed by atoms with Crippen molar-refractivity contribution in [3.63, 3.8) is 0 Å². The number of thiazole rings is 1. The second-order valence-electron chi connectivity index (χ2n) is 7.29. The summed E-state index contributed by atoms with van der Waals surface area (Å²) in [5.74, 6) is 0. The minimum atomic E-state index is -0.110. The topological polar surface area (TPSA) is 97.2 Å². The summed E-state index contributed by atoms with van der Waals surface area (Å²) in [6, 6.07) is 10.0. The van der Waals surface area contributed by atoms with E-state index in [4.69, 9.17) is 4.98 Å². The van der Waals surface area contributed by atoms with Gasteiger partial charge in [-0.1, -0.05) is 12.1 Å². The Hall–Kier alpha value is -3.72. The number of aryl methyl sites for hydroxylation is 1. The van der Waals surface area contributed by atoms with Crippen molar-refractivity contribution in [2.24, 2.45) is 7.05 Å². The van der Waals surface area contributed by atoms with Crippen molar-refractivity contribution in [2.45, 2.75) is 13.0 Å². The number of aromatic nitrogens is 7. The Bertz CT molecular complexity index is 1580. The van der Waals surface area contributed by atoms with Crippen molar-refractivity contribution in [3.05, 3.63) is 75.5 Å². The molecule has 0 radical (unpaired) electrons. The highest BCUT2D eigenvalue weighted by Gasteiger charge is 2.19. The molecule has 148 valence electrons. The summed E-state index contributed by atoms with van der Waals surface area (Å²) in [6.07, 6.45) is 6.16. The zero-order chi connectivity index (χ0) is 20.2. The summed E-state index contributed by atoms with van der Waals surface area (Å²) in [6.45, 7) is 0.417. The summed E-state index contributed by atoms with van der Waals surface area (Å²) >= 11 is 1.59. The summed E-state index contributed by atoms with van der Waals surface area (Å²) < 4.78 is 4.40. The minimum Gasteiger partial charge on any atom is -0.361 e. The molecule has 6 aromatic rings.